The van der Waals surface area contributed by atoms with Gasteiger partial charge in [0.2, 0.25) is 11.8 Å². The average molecular weight is 373 g/mol. The first-order valence-corrected chi connectivity index (χ1v) is 9.84. The van der Waals surface area contributed by atoms with Crippen molar-refractivity contribution in [2.75, 3.05) is 33.7 Å². The lowest BCUT2D eigenvalue weighted by molar-refractivity contribution is -0.134. The molecule has 2 atom stereocenters. The normalized spacial score (nSPS) is 24.2. The Balaban J connectivity index is 1.60. The summed E-state index contributed by atoms with van der Waals surface area (Å²) in [5.41, 5.74) is 1.21. The molecule has 0 bridgehead atoms. The van der Waals surface area contributed by atoms with Crippen LogP contribution in [-0.4, -0.2) is 78.5 Å². The molecule has 3 rings (SSSR count). The van der Waals surface area contributed by atoms with E-state index in [-0.39, 0.29) is 30.1 Å². The third-order valence-corrected chi connectivity index (χ3v) is 5.59. The van der Waals surface area contributed by atoms with E-state index in [0.29, 0.717) is 0 Å². The standard InChI is InChI=1S/C21H31N3O3/c1-16(25)23-11-9-18(10-12-23)27-19-13-20(21(26)22(2)3)24(15-19)14-17-7-5-4-6-8-17/h4-8,18-20H,9-15H2,1-3H3/t19-,20-/m0/s1. The number of amides is 2. The maximum absolute atomic E-state index is 12.7. The number of carbonyl (C=O) groups is 2. The maximum atomic E-state index is 12.7. The molecule has 1 aromatic rings. The van der Waals surface area contributed by atoms with E-state index < -0.39 is 0 Å². The average Bonchev–Trinajstić information content (AvgIpc) is 3.04. The summed E-state index contributed by atoms with van der Waals surface area (Å²) in [5, 5.41) is 0. The summed E-state index contributed by atoms with van der Waals surface area (Å²) >= 11 is 0. The van der Waals surface area contributed by atoms with Gasteiger partial charge in [0.1, 0.15) is 0 Å². The third-order valence-electron chi connectivity index (χ3n) is 5.59. The van der Waals surface area contributed by atoms with Gasteiger partial charge in [-0.1, -0.05) is 30.3 Å². The van der Waals surface area contributed by atoms with Crippen molar-refractivity contribution in [3.05, 3.63) is 35.9 Å². The zero-order valence-electron chi connectivity index (χ0n) is 16.6. The van der Waals surface area contributed by atoms with Crippen LogP contribution in [0.2, 0.25) is 0 Å². The summed E-state index contributed by atoms with van der Waals surface area (Å²) in [7, 11) is 3.63. The predicted molar refractivity (Wildman–Crippen MR) is 104 cm³/mol. The third kappa shape index (κ3) is 5.08. The number of likely N-dealkylation sites (tertiary alicyclic amines) is 2. The minimum atomic E-state index is -0.137. The van der Waals surface area contributed by atoms with Gasteiger partial charge in [-0.2, -0.15) is 0 Å². The first-order chi connectivity index (χ1) is 12.9. The molecule has 6 nitrogen and oxygen atoms in total. The summed E-state index contributed by atoms with van der Waals surface area (Å²) in [6, 6.07) is 10.1. The van der Waals surface area contributed by atoms with Crippen molar-refractivity contribution in [1.82, 2.24) is 14.7 Å². The van der Waals surface area contributed by atoms with Gasteiger partial charge < -0.3 is 14.5 Å². The van der Waals surface area contributed by atoms with E-state index >= 15 is 0 Å². The fourth-order valence-corrected chi connectivity index (χ4v) is 4.09. The number of piperidine rings is 1. The Morgan fingerprint density at radius 3 is 2.37 bits per heavy atom. The van der Waals surface area contributed by atoms with Gasteiger partial charge in [-0.15, -0.1) is 0 Å². The van der Waals surface area contributed by atoms with Crippen molar-refractivity contribution in [3.63, 3.8) is 0 Å². The first kappa shape index (κ1) is 19.8. The van der Waals surface area contributed by atoms with Crippen LogP contribution in [0.3, 0.4) is 0 Å². The minimum absolute atomic E-state index is 0.0662. The number of hydrogen-bond donors (Lipinski definition) is 0. The second-order valence-electron chi connectivity index (χ2n) is 7.86. The lowest BCUT2D eigenvalue weighted by Gasteiger charge is -2.32. The Hall–Kier alpha value is -1.92. The highest BCUT2D eigenvalue weighted by Gasteiger charge is 2.39. The molecule has 2 fully saturated rings. The fraction of sp³-hybridized carbons (Fsp3) is 0.619. The van der Waals surface area contributed by atoms with Gasteiger partial charge in [0.15, 0.2) is 0 Å². The van der Waals surface area contributed by atoms with Gasteiger partial charge in [0, 0.05) is 47.2 Å². The van der Waals surface area contributed by atoms with E-state index in [4.69, 9.17) is 4.74 Å². The van der Waals surface area contributed by atoms with Crippen LogP contribution >= 0.6 is 0 Å². The van der Waals surface area contributed by atoms with E-state index in [0.717, 1.165) is 45.4 Å². The molecular formula is C21H31N3O3. The molecule has 0 aliphatic carbocycles. The lowest BCUT2D eigenvalue weighted by atomic mass is 10.1. The number of hydrogen-bond acceptors (Lipinski definition) is 4. The molecule has 2 aliphatic heterocycles. The van der Waals surface area contributed by atoms with Crippen molar-refractivity contribution in [3.8, 4) is 0 Å². The number of nitrogens with zero attached hydrogens (tertiary/aromatic N) is 3. The first-order valence-electron chi connectivity index (χ1n) is 9.84. The lowest BCUT2D eigenvalue weighted by Crippen LogP contribution is -2.42. The monoisotopic (exact) mass is 373 g/mol. The van der Waals surface area contributed by atoms with Crippen molar-refractivity contribution in [2.24, 2.45) is 0 Å². The highest BCUT2D eigenvalue weighted by Crippen LogP contribution is 2.27. The SMILES string of the molecule is CC(=O)N1CCC(O[C@H]2C[C@@H](C(=O)N(C)C)N(Cc3ccccc3)C2)CC1. The van der Waals surface area contributed by atoms with E-state index in [2.05, 4.69) is 17.0 Å². The number of likely N-dealkylation sites (N-methyl/N-ethyl adjacent to an activating group) is 1. The number of carbonyl (C=O) groups excluding carboxylic acids is 2. The Morgan fingerprint density at radius 2 is 1.78 bits per heavy atom. The molecule has 2 heterocycles. The van der Waals surface area contributed by atoms with Crippen molar-refractivity contribution in [2.45, 2.75) is 51.0 Å². The number of benzene rings is 1. The predicted octanol–water partition coefficient (Wildman–Crippen LogP) is 1.75. The summed E-state index contributed by atoms with van der Waals surface area (Å²) in [5.74, 6) is 0.281. The molecule has 0 saturated carbocycles. The molecule has 0 spiro atoms. The van der Waals surface area contributed by atoms with Gasteiger partial charge >= 0.3 is 0 Å². The van der Waals surface area contributed by atoms with Crippen molar-refractivity contribution >= 4 is 11.8 Å². The molecule has 0 N–H and O–H groups in total. The van der Waals surface area contributed by atoms with Crippen LogP contribution in [0.5, 0.6) is 0 Å². The second kappa shape index (κ2) is 8.85. The van der Waals surface area contributed by atoms with Crippen LogP contribution in [0.4, 0.5) is 0 Å². The molecule has 0 unspecified atom stereocenters. The number of rotatable bonds is 5. The molecule has 2 aliphatic rings. The molecular weight excluding hydrogens is 342 g/mol. The molecule has 0 aromatic heterocycles. The van der Waals surface area contributed by atoms with Gasteiger partial charge in [0.05, 0.1) is 18.2 Å². The maximum Gasteiger partial charge on any atom is 0.239 e. The summed E-state index contributed by atoms with van der Waals surface area (Å²) in [6.07, 6.45) is 2.73. The Bertz CT molecular complexity index is 641. The van der Waals surface area contributed by atoms with Crippen LogP contribution < -0.4 is 0 Å². The summed E-state index contributed by atoms with van der Waals surface area (Å²) in [6.45, 7) is 4.68. The van der Waals surface area contributed by atoms with Gasteiger partial charge in [0.25, 0.3) is 0 Å². The van der Waals surface area contributed by atoms with E-state index in [1.807, 2.05) is 37.2 Å². The zero-order valence-corrected chi connectivity index (χ0v) is 16.6. The van der Waals surface area contributed by atoms with Crippen LogP contribution in [0.25, 0.3) is 0 Å². The van der Waals surface area contributed by atoms with E-state index in [1.165, 1.54) is 5.56 Å². The topological polar surface area (TPSA) is 53.1 Å². The molecule has 6 heteroatoms. The van der Waals surface area contributed by atoms with Crippen molar-refractivity contribution in [1.29, 1.82) is 0 Å². The van der Waals surface area contributed by atoms with E-state index in [9.17, 15) is 9.59 Å². The van der Waals surface area contributed by atoms with Crippen LogP contribution in [0.1, 0.15) is 31.7 Å². The van der Waals surface area contributed by atoms with Crippen LogP contribution in [0, 0.1) is 0 Å². The summed E-state index contributed by atoms with van der Waals surface area (Å²) in [4.78, 5) is 30.0. The molecule has 1 aromatic carbocycles. The Morgan fingerprint density at radius 1 is 1.11 bits per heavy atom. The van der Waals surface area contributed by atoms with Gasteiger partial charge in [-0.25, -0.2) is 0 Å². The van der Waals surface area contributed by atoms with Gasteiger partial charge in [-0.3, -0.25) is 14.5 Å². The quantitative estimate of drug-likeness (QED) is 0.789. The highest BCUT2D eigenvalue weighted by molar-refractivity contribution is 5.81. The number of ether oxygens (including phenoxy) is 1. The fourth-order valence-electron chi connectivity index (χ4n) is 4.09. The second-order valence-corrected chi connectivity index (χ2v) is 7.86. The van der Waals surface area contributed by atoms with Crippen molar-refractivity contribution < 1.29 is 14.3 Å². The zero-order chi connectivity index (χ0) is 19.4. The molecule has 27 heavy (non-hydrogen) atoms. The Kier molecular flexibility index (Phi) is 6.50. The van der Waals surface area contributed by atoms with Gasteiger partial charge in [-0.05, 0) is 24.8 Å². The minimum Gasteiger partial charge on any atom is -0.373 e. The van der Waals surface area contributed by atoms with Crippen LogP contribution in [-0.2, 0) is 20.9 Å². The summed E-state index contributed by atoms with van der Waals surface area (Å²) < 4.78 is 6.36. The molecule has 0 radical (unpaired) electrons. The molecule has 2 amide bonds. The smallest absolute Gasteiger partial charge is 0.239 e. The molecule has 148 valence electrons. The highest BCUT2D eigenvalue weighted by atomic mass is 16.5. The molecule has 2 saturated heterocycles. The largest absolute Gasteiger partial charge is 0.373 e. The Labute approximate surface area is 162 Å². The van der Waals surface area contributed by atoms with Crippen LogP contribution in [0.15, 0.2) is 30.3 Å². The van der Waals surface area contributed by atoms with E-state index in [1.54, 1.807) is 11.8 Å².